The number of carbonyl (C=O) groups is 3. The van der Waals surface area contributed by atoms with E-state index in [4.69, 9.17) is 9.84 Å². The Kier molecular flexibility index (Phi) is 7.97. The van der Waals surface area contributed by atoms with Crippen molar-refractivity contribution in [2.75, 3.05) is 6.61 Å². The molecule has 0 fully saturated rings. The van der Waals surface area contributed by atoms with Crippen LogP contribution in [0.5, 0.6) is 0 Å². The Bertz CT molecular complexity index is 968. The van der Waals surface area contributed by atoms with Gasteiger partial charge >= 0.3 is 12.1 Å². The predicted octanol–water partition coefficient (Wildman–Crippen LogP) is 3.92. The lowest BCUT2D eigenvalue weighted by atomic mass is 9.98. The number of fused-ring (bicyclic) bond motifs is 3. The van der Waals surface area contributed by atoms with Gasteiger partial charge in [0.1, 0.15) is 18.7 Å². The van der Waals surface area contributed by atoms with Crippen LogP contribution in [-0.4, -0.2) is 48.2 Å². The molecule has 0 aromatic heterocycles. The molecule has 2 amide bonds. The van der Waals surface area contributed by atoms with E-state index < -0.39 is 42.9 Å². The predicted molar refractivity (Wildman–Crippen MR) is 117 cm³/mol. The monoisotopic (exact) mass is 460 g/mol. The van der Waals surface area contributed by atoms with Crippen molar-refractivity contribution in [1.82, 2.24) is 10.6 Å². The van der Waals surface area contributed by atoms with E-state index in [9.17, 15) is 23.2 Å². The van der Waals surface area contributed by atoms with Crippen molar-refractivity contribution in [1.29, 1.82) is 0 Å². The first-order valence-corrected chi connectivity index (χ1v) is 10.7. The van der Waals surface area contributed by atoms with Crippen molar-refractivity contribution in [3.05, 3.63) is 59.7 Å². The molecule has 0 radical (unpaired) electrons. The molecule has 0 saturated heterocycles. The van der Waals surface area contributed by atoms with Gasteiger partial charge in [-0.3, -0.25) is 9.59 Å². The van der Waals surface area contributed by atoms with Crippen LogP contribution in [0, 0.1) is 0 Å². The summed E-state index contributed by atoms with van der Waals surface area (Å²) < 4.78 is 31.6. The van der Waals surface area contributed by atoms with Gasteiger partial charge in [0, 0.05) is 5.92 Å². The minimum absolute atomic E-state index is 0.0407. The number of nitrogens with one attached hydrogen (secondary N) is 2. The highest BCUT2D eigenvalue weighted by Gasteiger charge is 2.31. The summed E-state index contributed by atoms with van der Waals surface area (Å²) >= 11 is 0. The largest absolute Gasteiger partial charge is 0.481 e. The number of hydrogen-bond acceptors (Lipinski definition) is 4. The zero-order chi connectivity index (χ0) is 24.0. The molecule has 7 nitrogen and oxygen atoms in total. The first-order chi connectivity index (χ1) is 15.8. The SMILES string of the molecule is CCCC(NC(=O)OCC1c2ccccc2-c2ccccc21)C(=O)NC(CC(=O)O)C(F)F. The first kappa shape index (κ1) is 24.2. The van der Waals surface area contributed by atoms with Crippen molar-refractivity contribution in [2.45, 2.75) is 50.6 Å². The van der Waals surface area contributed by atoms with Gasteiger partial charge in [0.2, 0.25) is 5.91 Å². The number of hydrogen-bond donors (Lipinski definition) is 3. The fourth-order valence-electron chi connectivity index (χ4n) is 4.01. The molecule has 0 saturated carbocycles. The smallest absolute Gasteiger partial charge is 0.407 e. The molecule has 1 aliphatic rings. The Hall–Kier alpha value is -3.49. The van der Waals surface area contributed by atoms with Crippen LogP contribution in [0.15, 0.2) is 48.5 Å². The summed E-state index contributed by atoms with van der Waals surface area (Å²) in [4.78, 5) is 35.7. The van der Waals surface area contributed by atoms with Crippen molar-refractivity contribution < 1.29 is 33.0 Å². The number of amides is 2. The molecule has 2 aromatic carbocycles. The summed E-state index contributed by atoms with van der Waals surface area (Å²) in [5.41, 5.74) is 4.20. The van der Waals surface area contributed by atoms with Gasteiger partial charge < -0.3 is 20.5 Å². The van der Waals surface area contributed by atoms with E-state index in [0.29, 0.717) is 6.42 Å². The van der Waals surface area contributed by atoms with Crippen LogP contribution in [-0.2, 0) is 14.3 Å². The number of carbonyl (C=O) groups excluding carboxylic acids is 2. The average molecular weight is 460 g/mol. The van der Waals surface area contributed by atoms with Gasteiger partial charge in [-0.15, -0.1) is 0 Å². The van der Waals surface area contributed by atoms with E-state index >= 15 is 0 Å². The Morgan fingerprint density at radius 2 is 1.58 bits per heavy atom. The number of benzene rings is 2. The van der Waals surface area contributed by atoms with Crippen LogP contribution < -0.4 is 10.6 Å². The Morgan fingerprint density at radius 1 is 1.00 bits per heavy atom. The molecule has 3 rings (SSSR count). The topological polar surface area (TPSA) is 105 Å². The molecule has 0 spiro atoms. The minimum Gasteiger partial charge on any atom is -0.481 e. The third kappa shape index (κ3) is 5.85. The number of aliphatic carboxylic acids is 1. The summed E-state index contributed by atoms with van der Waals surface area (Å²) in [6.07, 6.45) is -4.16. The molecule has 0 heterocycles. The second-order valence-electron chi connectivity index (χ2n) is 7.86. The third-order valence-corrected chi connectivity index (χ3v) is 5.56. The lowest BCUT2D eigenvalue weighted by Gasteiger charge is -2.22. The molecule has 2 unspecified atom stereocenters. The summed E-state index contributed by atoms with van der Waals surface area (Å²) in [6.45, 7) is 1.81. The minimum atomic E-state index is -3.05. The van der Waals surface area contributed by atoms with Gasteiger partial charge in [-0.05, 0) is 28.7 Å². The molecule has 0 aliphatic heterocycles. The second kappa shape index (κ2) is 10.9. The fourth-order valence-corrected chi connectivity index (χ4v) is 4.01. The van der Waals surface area contributed by atoms with E-state index in [-0.39, 0.29) is 18.9 Å². The van der Waals surface area contributed by atoms with Crippen molar-refractivity contribution in [3.8, 4) is 11.1 Å². The number of carboxylic acids is 1. The highest BCUT2D eigenvalue weighted by molar-refractivity contribution is 5.86. The maximum Gasteiger partial charge on any atom is 0.407 e. The molecular formula is C24H26F2N2O5. The lowest BCUT2D eigenvalue weighted by Crippen LogP contribution is -2.52. The summed E-state index contributed by atoms with van der Waals surface area (Å²) in [5.74, 6) is -2.51. The molecule has 1 aliphatic carbocycles. The second-order valence-corrected chi connectivity index (χ2v) is 7.86. The number of alkyl halides is 2. The van der Waals surface area contributed by atoms with E-state index in [0.717, 1.165) is 22.3 Å². The van der Waals surface area contributed by atoms with E-state index in [2.05, 4.69) is 5.32 Å². The zero-order valence-electron chi connectivity index (χ0n) is 18.1. The van der Waals surface area contributed by atoms with Gasteiger partial charge in [-0.1, -0.05) is 61.9 Å². The van der Waals surface area contributed by atoms with Gasteiger partial charge in [0.05, 0.1) is 6.42 Å². The van der Waals surface area contributed by atoms with Crippen LogP contribution in [0.3, 0.4) is 0 Å². The van der Waals surface area contributed by atoms with Crippen molar-refractivity contribution >= 4 is 18.0 Å². The summed E-state index contributed by atoms with van der Waals surface area (Å²) in [6, 6.07) is 12.7. The molecular weight excluding hydrogens is 434 g/mol. The average Bonchev–Trinajstić information content (AvgIpc) is 3.10. The van der Waals surface area contributed by atoms with Crippen LogP contribution in [0.4, 0.5) is 13.6 Å². The third-order valence-electron chi connectivity index (χ3n) is 5.56. The molecule has 3 N–H and O–H groups in total. The van der Waals surface area contributed by atoms with Crippen LogP contribution in [0.1, 0.15) is 43.2 Å². The van der Waals surface area contributed by atoms with E-state index in [1.165, 1.54) is 0 Å². The van der Waals surface area contributed by atoms with Gasteiger partial charge in [-0.2, -0.15) is 0 Å². The van der Waals surface area contributed by atoms with Crippen LogP contribution in [0.2, 0.25) is 0 Å². The van der Waals surface area contributed by atoms with Crippen LogP contribution >= 0.6 is 0 Å². The summed E-state index contributed by atoms with van der Waals surface area (Å²) in [5, 5.41) is 13.2. The van der Waals surface area contributed by atoms with E-state index in [1.54, 1.807) is 6.92 Å². The molecule has 2 atom stereocenters. The molecule has 33 heavy (non-hydrogen) atoms. The summed E-state index contributed by atoms with van der Waals surface area (Å²) in [7, 11) is 0. The van der Waals surface area contributed by atoms with E-state index in [1.807, 2.05) is 53.8 Å². The maximum atomic E-state index is 13.1. The number of halogens is 2. The fraction of sp³-hybridized carbons (Fsp3) is 0.375. The molecule has 9 heteroatoms. The van der Waals surface area contributed by atoms with Crippen molar-refractivity contribution in [3.63, 3.8) is 0 Å². The normalized spacial score (nSPS) is 14.2. The van der Waals surface area contributed by atoms with Gasteiger partial charge in [0.15, 0.2) is 0 Å². The quantitative estimate of drug-likeness (QED) is 0.499. The number of carboxylic acid groups (broad SMARTS) is 1. The first-order valence-electron chi connectivity index (χ1n) is 10.7. The molecule has 2 aromatic rings. The molecule has 0 bridgehead atoms. The number of alkyl carbamates (subject to hydrolysis) is 1. The maximum absolute atomic E-state index is 13.1. The standard InChI is InChI=1S/C24H26F2N2O5/c1-2-7-19(23(31)27-20(22(25)26)12-21(29)30)28-24(32)33-13-18-16-10-5-3-8-14(16)15-9-4-6-11-17(15)18/h3-6,8-11,18-20,22H,2,7,12-13H2,1H3,(H,27,31)(H,28,32)(H,29,30). The number of ether oxygens (including phenoxy) is 1. The Labute approximate surface area is 190 Å². The van der Waals surface area contributed by atoms with Crippen molar-refractivity contribution in [2.24, 2.45) is 0 Å². The van der Waals surface area contributed by atoms with Gasteiger partial charge in [-0.25, -0.2) is 13.6 Å². The highest BCUT2D eigenvalue weighted by Crippen LogP contribution is 2.44. The van der Waals surface area contributed by atoms with Crippen LogP contribution in [0.25, 0.3) is 11.1 Å². The lowest BCUT2D eigenvalue weighted by molar-refractivity contribution is -0.139. The zero-order valence-corrected chi connectivity index (χ0v) is 18.1. The Balaban J connectivity index is 1.64. The molecule has 176 valence electrons. The number of rotatable bonds is 10. The van der Waals surface area contributed by atoms with Gasteiger partial charge in [0.25, 0.3) is 6.43 Å². The Morgan fingerprint density at radius 3 is 2.09 bits per heavy atom. The highest BCUT2D eigenvalue weighted by atomic mass is 19.3.